The van der Waals surface area contributed by atoms with Gasteiger partial charge in [0.2, 0.25) is 11.5 Å². The first-order valence-electron chi connectivity index (χ1n) is 8.16. The van der Waals surface area contributed by atoms with Crippen molar-refractivity contribution in [2.45, 2.75) is 34.6 Å². The van der Waals surface area contributed by atoms with E-state index < -0.39 is 11.4 Å². The molecule has 0 aliphatic carbocycles. The lowest BCUT2D eigenvalue weighted by Crippen LogP contribution is -2.26. The van der Waals surface area contributed by atoms with Crippen LogP contribution >= 0.6 is 11.6 Å². The maximum absolute atomic E-state index is 12.5. The number of hydrogen-bond donors (Lipinski definition) is 1. The molecule has 0 bridgehead atoms. The number of esters is 1. The molecule has 0 aliphatic heterocycles. The SMILES string of the molecule is CCOc1c(OCC)c(OC(=O)C(C)(C)C)c2cc(Cl)ccc2c1O. The molecule has 25 heavy (non-hydrogen) atoms. The molecule has 0 amide bonds. The van der Waals surface area contributed by atoms with Crippen molar-refractivity contribution < 1.29 is 24.1 Å². The summed E-state index contributed by atoms with van der Waals surface area (Å²) in [5, 5.41) is 12.0. The number of aromatic hydroxyl groups is 1. The summed E-state index contributed by atoms with van der Waals surface area (Å²) in [6, 6.07) is 4.93. The molecule has 6 heteroatoms. The molecule has 0 radical (unpaired) electrons. The van der Waals surface area contributed by atoms with Crippen LogP contribution in [0, 0.1) is 5.41 Å². The highest BCUT2D eigenvalue weighted by molar-refractivity contribution is 6.31. The van der Waals surface area contributed by atoms with Crippen LogP contribution in [-0.2, 0) is 4.79 Å². The third-order valence-electron chi connectivity index (χ3n) is 3.49. The number of carbonyl (C=O) groups excluding carboxylic acids is 1. The Morgan fingerprint density at radius 1 is 1.04 bits per heavy atom. The van der Waals surface area contributed by atoms with Crippen LogP contribution in [0.2, 0.25) is 5.02 Å². The highest BCUT2D eigenvalue weighted by atomic mass is 35.5. The van der Waals surface area contributed by atoms with Crippen LogP contribution in [-0.4, -0.2) is 24.3 Å². The van der Waals surface area contributed by atoms with E-state index in [1.54, 1.807) is 52.8 Å². The summed E-state index contributed by atoms with van der Waals surface area (Å²) < 4.78 is 16.9. The average Bonchev–Trinajstić information content (AvgIpc) is 2.53. The number of hydrogen-bond acceptors (Lipinski definition) is 5. The van der Waals surface area contributed by atoms with Gasteiger partial charge in [0, 0.05) is 15.8 Å². The highest BCUT2D eigenvalue weighted by Gasteiger charge is 2.29. The van der Waals surface area contributed by atoms with E-state index in [4.69, 9.17) is 25.8 Å². The zero-order valence-corrected chi connectivity index (χ0v) is 15.9. The Labute approximate surface area is 152 Å². The third-order valence-corrected chi connectivity index (χ3v) is 3.73. The van der Waals surface area contributed by atoms with Gasteiger partial charge in [-0.15, -0.1) is 0 Å². The van der Waals surface area contributed by atoms with Gasteiger partial charge in [0.1, 0.15) is 0 Å². The molecule has 5 nitrogen and oxygen atoms in total. The summed E-state index contributed by atoms with van der Waals surface area (Å²) >= 11 is 6.11. The lowest BCUT2D eigenvalue weighted by molar-refractivity contribution is -0.143. The average molecular weight is 367 g/mol. The molecule has 0 spiro atoms. The Balaban J connectivity index is 2.81. The van der Waals surface area contributed by atoms with Crippen LogP contribution in [0.5, 0.6) is 23.0 Å². The van der Waals surface area contributed by atoms with Crippen molar-refractivity contribution >= 4 is 28.3 Å². The van der Waals surface area contributed by atoms with Crippen molar-refractivity contribution in [3.05, 3.63) is 23.2 Å². The van der Waals surface area contributed by atoms with E-state index in [9.17, 15) is 9.90 Å². The van der Waals surface area contributed by atoms with Crippen molar-refractivity contribution in [3.63, 3.8) is 0 Å². The third kappa shape index (κ3) is 3.93. The molecule has 0 aliphatic rings. The number of rotatable bonds is 5. The molecule has 2 rings (SSSR count). The second-order valence-electron chi connectivity index (χ2n) is 6.53. The van der Waals surface area contributed by atoms with Gasteiger partial charge in [0.05, 0.1) is 18.6 Å². The summed E-state index contributed by atoms with van der Waals surface area (Å²) in [5.41, 5.74) is -0.710. The van der Waals surface area contributed by atoms with E-state index >= 15 is 0 Å². The van der Waals surface area contributed by atoms with Gasteiger partial charge in [-0.3, -0.25) is 4.79 Å². The smallest absolute Gasteiger partial charge is 0.316 e. The highest BCUT2D eigenvalue weighted by Crippen LogP contribution is 2.51. The summed E-state index contributed by atoms with van der Waals surface area (Å²) in [4.78, 5) is 12.5. The predicted octanol–water partition coefficient (Wildman–Crippen LogP) is 4.95. The lowest BCUT2D eigenvalue weighted by Gasteiger charge is -2.22. The standard InChI is InChI=1S/C19H23ClO5/c1-6-23-16-14(21)12-9-8-11(20)10-13(12)15(17(16)24-7-2)25-18(22)19(3,4)5/h8-10,21H,6-7H2,1-5H3. The van der Waals surface area contributed by atoms with E-state index in [-0.39, 0.29) is 23.0 Å². The fourth-order valence-electron chi connectivity index (χ4n) is 2.27. The van der Waals surface area contributed by atoms with Gasteiger partial charge in [0.15, 0.2) is 11.5 Å². The van der Waals surface area contributed by atoms with Crippen molar-refractivity contribution in [3.8, 4) is 23.0 Å². The summed E-state index contributed by atoms with van der Waals surface area (Å²) in [7, 11) is 0. The van der Waals surface area contributed by atoms with E-state index in [1.807, 2.05) is 0 Å². The fourth-order valence-corrected chi connectivity index (χ4v) is 2.44. The van der Waals surface area contributed by atoms with Gasteiger partial charge < -0.3 is 19.3 Å². The lowest BCUT2D eigenvalue weighted by atomic mass is 9.97. The first kappa shape index (κ1) is 19.2. The Morgan fingerprint density at radius 2 is 1.64 bits per heavy atom. The minimum atomic E-state index is -0.710. The zero-order chi connectivity index (χ0) is 18.8. The van der Waals surface area contributed by atoms with Crippen LogP contribution in [0.1, 0.15) is 34.6 Å². The van der Waals surface area contributed by atoms with Gasteiger partial charge in [-0.25, -0.2) is 0 Å². The van der Waals surface area contributed by atoms with Gasteiger partial charge in [-0.1, -0.05) is 11.6 Å². The number of ether oxygens (including phenoxy) is 3. The molecule has 0 saturated heterocycles. The molecule has 0 atom stereocenters. The van der Waals surface area contributed by atoms with Crippen molar-refractivity contribution in [2.24, 2.45) is 5.41 Å². The number of phenolic OH excluding ortho intramolecular Hbond substituents is 1. The summed E-state index contributed by atoms with van der Waals surface area (Å²) in [5.74, 6) is 0.0287. The molecular weight excluding hydrogens is 344 g/mol. The Kier molecular flexibility index (Phi) is 5.68. The molecular formula is C19H23ClO5. The summed E-state index contributed by atoms with van der Waals surface area (Å²) in [6.07, 6.45) is 0. The van der Waals surface area contributed by atoms with Gasteiger partial charge >= 0.3 is 5.97 Å². The second-order valence-corrected chi connectivity index (χ2v) is 6.97. The van der Waals surface area contributed by atoms with Crippen molar-refractivity contribution in [2.75, 3.05) is 13.2 Å². The molecule has 2 aromatic carbocycles. The first-order chi connectivity index (χ1) is 11.7. The van der Waals surface area contributed by atoms with E-state index in [1.165, 1.54) is 0 Å². The second kappa shape index (κ2) is 7.40. The number of halogens is 1. The normalized spacial score (nSPS) is 11.4. The number of fused-ring (bicyclic) bond motifs is 1. The monoisotopic (exact) mass is 366 g/mol. The number of benzene rings is 2. The Morgan fingerprint density at radius 3 is 2.20 bits per heavy atom. The number of phenols is 1. The zero-order valence-electron chi connectivity index (χ0n) is 15.1. The molecule has 2 aromatic rings. The molecule has 0 fully saturated rings. The van der Waals surface area contributed by atoms with Crippen molar-refractivity contribution in [1.82, 2.24) is 0 Å². The van der Waals surface area contributed by atoms with E-state index in [2.05, 4.69) is 0 Å². The number of carbonyl (C=O) groups is 1. The van der Waals surface area contributed by atoms with E-state index in [0.29, 0.717) is 29.0 Å². The molecule has 0 saturated carbocycles. The maximum atomic E-state index is 12.5. The van der Waals surface area contributed by atoms with Gasteiger partial charge in [-0.05, 0) is 52.8 Å². The maximum Gasteiger partial charge on any atom is 0.316 e. The van der Waals surface area contributed by atoms with Crippen LogP contribution in [0.15, 0.2) is 18.2 Å². The first-order valence-corrected chi connectivity index (χ1v) is 8.54. The predicted molar refractivity (Wildman–Crippen MR) is 98.1 cm³/mol. The minimum absolute atomic E-state index is 0.0764. The van der Waals surface area contributed by atoms with Crippen LogP contribution in [0.25, 0.3) is 10.8 Å². The summed E-state index contributed by atoms with van der Waals surface area (Å²) in [6.45, 7) is 9.50. The molecule has 0 aromatic heterocycles. The Bertz CT molecular complexity index is 793. The van der Waals surface area contributed by atoms with Gasteiger partial charge in [-0.2, -0.15) is 0 Å². The fraction of sp³-hybridized carbons (Fsp3) is 0.421. The minimum Gasteiger partial charge on any atom is -0.504 e. The van der Waals surface area contributed by atoms with Crippen LogP contribution in [0.3, 0.4) is 0 Å². The van der Waals surface area contributed by atoms with E-state index in [0.717, 1.165) is 0 Å². The van der Waals surface area contributed by atoms with Crippen LogP contribution < -0.4 is 14.2 Å². The topological polar surface area (TPSA) is 65.0 Å². The van der Waals surface area contributed by atoms with Crippen LogP contribution in [0.4, 0.5) is 0 Å². The van der Waals surface area contributed by atoms with Gasteiger partial charge in [0.25, 0.3) is 0 Å². The molecule has 0 unspecified atom stereocenters. The molecule has 136 valence electrons. The molecule has 1 N–H and O–H groups in total. The largest absolute Gasteiger partial charge is 0.504 e. The Hall–Kier alpha value is -2.14. The molecule has 0 heterocycles. The van der Waals surface area contributed by atoms with Crippen molar-refractivity contribution in [1.29, 1.82) is 0 Å². The quantitative estimate of drug-likeness (QED) is 0.599.